The molecule has 1 rings (SSSR count). The number of hydrogen-bond acceptors (Lipinski definition) is 0. The van der Waals surface area contributed by atoms with E-state index in [2.05, 4.69) is 32.1 Å². The van der Waals surface area contributed by atoms with Crippen molar-refractivity contribution in [3.8, 4) is 0 Å². The zero-order valence-corrected chi connectivity index (χ0v) is 11.4. The van der Waals surface area contributed by atoms with E-state index in [0.29, 0.717) is 0 Å². The molecule has 0 fully saturated rings. The summed E-state index contributed by atoms with van der Waals surface area (Å²) in [4.78, 5) is 0. The Morgan fingerprint density at radius 1 is 1.17 bits per heavy atom. The minimum atomic E-state index is -0.826. The standard InChI is InChI=1S/C9H13.2ClH.Zr/c1-3-8-5-6-9(4-2)7-8;;;/h5-7H,3-4H2,1-2H3;2*1H;/q;;;+2/p-2. The third-order valence-corrected chi connectivity index (χ3v) is 1.70. The van der Waals surface area contributed by atoms with Gasteiger partial charge in [-0.1, -0.05) is 37.6 Å². The molecular weight excluding hydrogens is 270 g/mol. The second-order valence-electron chi connectivity index (χ2n) is 2.41. The van der Waals surface area contributed by atoms with Crippen molar-refractivity contribution in [1.29, 1.82) is 0 Å². The van der Waals surface area contributed by atoms with Crippen LogP contribution in [0.4, 0.5) is 0 Å². The third-order valence-electron chi connectivity index (χ3n) is 1.70. The molecule has 0 atom stereocenters. The molecule has 0 bridgehead atoms. The van der Waals surface area contributed by atoms with Crippen LogP contribution < -0.4 is 0 Å². The third kappa shape index (κ3) is 5.57. The molecule has 67 valence electrons. The number of allylic oxidation sites excluding steroid dienone is 4. The Kier molecular flexibility index (Phi) is 9.21. The molecule has 12 heavy (non-hydrogen) atoms. The van der Waals surface area contributed by atoms with E-state index in [4.69, 9.17) is 17.0 Å². The second-order valence-corrected chi connectivity index (χ2v) is 6.14. The Morgan fingerprint density at radius 3 is 2.00 bits per heavy atom. The fraction of sp³-hybridized carbons (Fsp3) is 0.444. The normalized spacial score (nSPS) is 15.2. The van der Waals surface area contributed by atoms with Crippen molar-refractivity contribution in [2.24, 2.45) is 0 Å². The van der Waals surface area contributed by atoms with Crippen LogP contribution in [0.5, 0.6) is 0 Å². The van der Waals surface area contributed by atoms with Crippen molar-refractivity contribution < 1.29 is 20.8 Å². The van der Waals surface area contributed by atoms with E-state index < -0.39 is 20.8 Å². The summed E-state index contributed by atoms with van der Waals surface area (Å²) < 4.78 is 0. The topological polar surface area (TPSA) is 0 Å². The Bertz CT molecular complexity index is 164. The van der Waals surface area contributed by atoms with Gasteiger partial charge in [0.15, 0.2) is 0 Å². The van der Waals surface area contributed by atoms with Crippen LogP contribution >= 0.6 is 17.0 Å². The van der Waals surface area contributed by atoms with Gasteiger partial charge in [-0.25, -0.2) is 0 Å². The van der Waals surface area contributed by atoms with E-state index in [-0.39, 0.29) is 0 Å². The van der Waals surface area contributed by atoms with Crippen LogP contribution in [-0.2, 0) is 20.8 Å². The van der Waals surface area contributed by atoms with Crippen LogP contribution in [0.2, 0.25) is 0 Å². The summed E-state index contributed by atoms with van der Waals surface area (Å²) >= 11 is -0.826. The molecule has 0 saturated carbocycles. The molecule has 1 aliphatic carbocycles. The average Bonchev–Trinajstić information content (AvgIpc) is 2.53. The van der Waals surface area contributed by atoms with Gasteiger partial charge in [0.05, 0.1) is 0 Å². The quantitative estimate of drug-likeness (QED) is 0.710. The van der Waals surface area contributed by atoms with Crippen LogP contribution in [0.3, 0.4) is 0 Å². The van der Waals surface area contributed by atoms with Crippen molar-refractivity contribution in [1.82, 2.24) is 0 Å². The summed E-state index contributed by atoms with van der Waals surface area (Å²) in [6, 6.07) is 0. The Labute approximate surface area is 93.7 Å². The molecule has 0 N–H and O–H groups in total. The molecule has 0 saturated heterocycles. The van der Waals surface area contributed by atoms with Crippen LogP contribution in [0.15, 0.2) is 23.8 Å². The summed E-state index contributed by atoms with van der Waals surface area (Å²) in [6.45, 7) is 4.38. The van der Waals surface area contributed by atoms with Gasteiger partial charge in [0.2, 0.25) is 0 Å². The molecule has 0 aromatic rings. The summed E-state index contributed by atoms with van der Waals surface area (Å²) in [5.41, 5.74) is 1.46. The van der Waals surface area contributed by atoms with Gasteiger partial charge in [0.25, 0.3) is 0 Å². The van der Waals surface area contributed by atoms with E-state index in [1.165, 1.54) is 24.3 Å². The van der Waals surface area contributed by atoms with E-state index in [1.807, 2.05) is 0 Å². The number of halogens is 2. The predicted molar refractivity (Wildman–Crippen MR) is 52.8 cm³/mol. The van der Waals surface area contributed by atoms with E-state index in [0.717, 1.165) is 0 Å². The summed E-state index contributed by atoms with van der Waals surface area (Å²) in [7, 11) is 9.87. The molecule has 0 spiro atoms. The van der Waals surface area contributed by atoms with E-state index >= 15 is 0 Å². The first kappa shape index (κ1) is 12.9. The first-order valence-corrected chi connectivity index (χ1v) is 10.3. The van der Waals surface area contributed by atoms with Gasteiger partial charge in [-0.3, -0.25) is 0 Å². The van der Waals surface area contributed by atoms with E-state index in [9.17, 15) is 0 Å². The second kappa shape index (κ2) is 8.54. The van der Waals surface area contributed by atoms with Gasteiger partial charge in [-0.05, 0) is 12.8 Å². The van der Waals surface area contributed by atoms with Gasteiger partial charge < -0.3 is 0 Å². The van der Waals surface area contributed by atoms with Gasteiger partial charge >= 0.3 is 37.9 Å². The van der Waals surface area contributed by atoms with Gasteiger partial charge in [0, 0.05) is 5.92 Å². The SMILES string of the molecule is CC[C]1C=CC(CC)=C1.[Cl][Zr][Cl]. The maximum atomic E-state index is 4.93. The maximum absolute atomic E-state index is 4.93. The molecule has 3 heteroatoms. The van der Waals surface area contributed by atoms with Crippen LogP contribution in [0.1, 0.15) is 26.7 Å². The van der Waals surface area contributed by atoms with Crippen molar-refractivity contribution in [3.63, 3.8) is 0 Å². The minimum absolute atomic E-state index is 0.826. The molecule has 0 amide bonds. The fourth-order valence-corrected chi connectivity index (χ4v) is 0.988. The zero-order chi connectivity index (χ0) is 9.40. The van der Waals surface area contributed by atoms with Crippen molar-refractivity contribution in [3.05, 3.63) is 29.7 Å². The average molecular weight is 283 g/mol. The molecular formula is C9H13Cl2Zr. The fourth-order valence-electron chi connectivity index (χ4n) is 0.988. The summed E-state index contributed by atoms with van der Waals surface area (Å²) in [5.74, 6) is 1.46. The monoisotopic (exact) mass is 281 g/mol. The number of hydrogen-bond donors (Lipinski definition) is 0. The van der Waals surface area contributed by atoms with Crippen LogP contribution in [0, 0.1) is 5.92 Å². The first-order chi connectivity index (χ1) is 5.78. The number of rotatable bonds is 2. The summed E-state index contributed by atoms with van der Waals surface area (Å²) in [6.07, 6.45) is 9.03. The Morgan fingerprint density at radius 2 is 1.75 bits per heavy atom. The summed E-state index contributed by atoms with van der Waals surface area (Å²) in [5, 5.41) is 0. The van der Waals surface area contributed by atoms with Gasteiger partial charge in [-0.2, -0.15) is 0 Å². The molecule has 0 heterocycles. The molecule has 0 aromatic carbocycles. The molecule has 1 aliphatic rings. The first-order valence-electron chi connectivity index (χ1n) is 3.99. The molecule has 0 aromatic heterocycles. The van der Waals surface area contributed by atoms with E-state index in [1.54, 1.807) is 0 Å². The van der Waals surface area contributed by atoms with Crippen molar-refractivity contribution in [2.45, 2.75) is 26.7 Å². The van der Waals surface area contributed by atoms with Crippen LogP contribution in [0.25, 0.3) is 0 Å². The van der Waals surface area contributed by atoms with Crippen molar-refractivity contribution >= 4 is 17.0 Å². The Balaban J connectivity index is 0.000000354. The van der Waals surface area contributed by atoms with Gasteiger partial charge in [0.1, 0.15) is 0 Å². The predicted octanol–water partition coefficient (Wildman–Crippen LogP) is 4.25. The molecule has 1 radical (unpaired) electrons. The molecule has 0 aliphatic heterocycles. The van der Waals surface area contributed by atoms with Crippen LogP contribution in [-0.4, -0.2) is 0 Å². The van der Waals surface area contributed by atoms with Crippen molar-refractivity contribution in [2.75, 3.05) is 0 Å². The molecule has 0 nitrogen and oxygen atoms in total. The Hall–Kier alpha value is 0.943. The molecule has 0 unspecified atom stereocenters. The van der Waals surface area contributed by atoms with Gasteiger partial charge in [-0.15, -0.1) is 0 Å². The zero-order valence-electron chi connectivity index (χ0n) is 7.40.